The van der Waals surface area contributed by atoms with Crippen molar-refractivity contribution in [3.8, 4) is 0 Å². The third-order valence-electron chi connectivity index (χ3n) is 3.05. The van der Waals surface area contributed by atoms with Crippen molar-refractivity contribution in [1.82, 2.24) is 0 Å². The molecule has 0 saturated carbocycles. The summed E-state index contributed by atoms with van der Waals surface area (Å²) >= 11 is 0. The third-order valence-corrected chi connectivity index (χ3v) is 3.05. The molecule has 2 aromatic rings. The van der Waals surface area contributed by atoms with Crippen LogP contribution in [0, 0.1) is 0 Å². The fourth-order valence-electron chi connectivity index (χ4n) is 2.09. The van der Waals surface area contributed by atoms with Crippen LogP contribution in [0.1, 0.15) is 11.1 Å². The number of nitrogens with one attached hydrogen (secondary N) is 1. The Morgan fingerprint density at radius 3 is 2.45 bits per heavy atom. The fourth-order valence-corrected chi connectivity index (χ4v) is 2.09. The summed E-state index contributed by atoms with van der Waals surface area (Å²) in [6, 6.07) is 18.8. The SMILES string of the molecule is OCCOCCNc1ccccc1Cc1ccccc1. The Bertz CT molecular complexity index is 499. The van der Waals surface area contributed by atoms with Gasteiger partial charge < -0.3 is 15.2 Å². The molecule has 0 aliphatic rings. The Morgan fingerprint density at radius 1 is 0.900 bits per heavy atom. The van der Waals surface area contributed by atoms with Gasteiger partial charge in [-0.25, -0.2) is 0 Å². The van der Waals surface area contributed by atoms with Crippen molar-refractivity contribution in [3.63, 3.8) is 0 Å². The highest BCUT2D eigenvalue weighted by Crippen LogP contribution is 2.18. The van der Waals surface area contributed by atoms with Crippen LogP contribution in [-0.2, 0) is 11.2 Å². The quantitative estimate of drug-likeness (QED) is 0.725. The standard InChI is InChI=1S/C17H21NO2/c19-11-13-20-12-10-18-17-9-5-4-8-16(17)14-15-6-2-1-3-7-15/h1-9,18-19H,10-14H2. The zero-order valence-corrected chi connectivity index (χ0v) is 11.6. The van der Waals surface area contributed by atoms with Gasteiger partial charge in [0, 0.05) is 12.2 Å². The summed E-state index contributed by atoms with van der Waals surface area (Å²) in [5, 5.41) is 12.0. The van der Waals surface area contributed by atoms with Crippen LogP contribution >= 0.6 is 0 Å². The van der Waals surface area contributed by atoms with E-state index in [0.29, 0.717) is 13.2 Å². The Balaban J connectivity index is 1.92. The van der Waals surface area contributed by atoms with Crippen molar-refractivity contribution in [2.24, 2.45) is 0 Å². The van der Waals surface area contributed by atoms with Gasteiger partial charge in [0.1, 0.15) is 0 Å². The first-order chi connectivity index (χ1) is 9.90. The number of benzene rings is 2. The fraction of sp³-hybridized carbons (Fsp3) is 0.294. The molecule has 3 heteroatoms. The maximum atomic E-state index is 8.65. The highest BCUT2D eigenvalue weighted by Gasteiger charge is 2.02. The zero-order valence-electron chi connectivity index (χ0n) is 11.6. The lowest BCUT2D eigenvalue weighted by Crippen LogP contribution is -2.12. The van der Waals surface area contributed by atoms with Crippen molar-refractivity contribution < 1.29 is 9.84 Å². The normalized spacial score (nSPS) is 10.4. The Hall–Kier alpha value is -1.84. The Labute approximate surface area is 120 Å². The molecule has 0 bridgehead atoms. The molecule has 0 saturated heterocycles. The molecule has 0 spiro atoms. The summed E-state index contributed by atoms with van der Waals surface area (Å²) in [5.41, 5.74) is 3.73. The van der Waals surface area contributed by atoms with Crippen molar-refractivity contribution >= 4 is 5.69 Å². The highest BCUT2D eigenvalue weighted by atomic mass is 16.5. The van der Waals surface area contributed by atoms with E-state index in [2.05, 4.69) is 47.8 Å². The molecule has 0 aromatic heterocycles. The minimum absolute atomic E-state index is 0.0740. The monoisotopic (exact) mass is 271 g/mol. The Morgan fingerprint density at radius 2 is 1.65 bits per heavy atom. The van der Waals surface area contributed by atoms with E-state index in [9.17, 15) is 0 Å². The van der Waals surface area contributed by atoms with Gasteiger partial charge in [-0.3, -0.25) is 0 Å². The van der Waals surface area contributed by atoms with Gasteiger partial charge in [-0.15, -0.1) is 0 Å². The first-order valence-electron chi connectivity index (χ1n) is 6.94. The second-order valence-corrected chi connectivity index (χ2v) is 4.58. The van der Waals surface area contributed by atoms with Crippen molar-refractivity contribution in [2.75, 3.05) is 31.7 Å². The summed E-state index contributed by atoms with van der Waals surface area (Å²) in [4.78, 5) is 0. The van der Waals surface area contributed by atoms with Crippen LogP contribution < -0.4 is 5.32 Å². The minimum Gasteiger partial charge on any atom is -0.394 e. The first kappa shape index (κ1) is 14.6. The van der Waals surface area contributed by atoms with Gasteiger partial charge in [0.25, 0.3) is 0 Å². The van der Waals surface area contributed by atoms with Gasteiger partial charge in [-0.2, -0.15) is 0 Å². The minimum atomic E-state index is 0.0740. The summed E-state index contributed by atoms with van der Waals surface area (Å²) in [6.45, 7) is 1.81. The number of hydrogen-bond acceptors (Lipinski definition) is 3. The van der Waals surface area contributed by atoms with Crippen molar-refractivity contribution in [2.45, 2.75) is 6.42 Å². The summed E-state index contributed by atoms with van der Waals surface area (Å²) < 4.78 is 5.25. The molecule has 0 unspecified atom stereocenters. The van der Waals surface area contributed by atoms with Crippen LogP contribution in [0.2, 0.25) is 0 Å². The van der Waals surface area contributed by atoms with Crippen LogP contribution in [0.4, 0.5) is 5.69 Å². The van der Waals surface area contributed by atoms with Gasteiger partial charge >= 0.3 is 0 Å². The van der Waals surface area contributed by atoms with Crippen molar-refractivity contribution in [3.05, 3.63) is 65.7 Å². The molecule has 0 radical (unpaired) electrons. The van der Waals surface area contributed by atoms with Crippen LogP contribution in [0.5, 0.6) is 0 Å². The molecule has 106 valence electrons. The van der Waals surface area contributed by atoms with E-state index in [0.717, 1.165) is 18.7 Å². The molecule has 20 heavy (non-hydrogen) atoms. The molecule has 0 aliphatic carbocycles. The average molecular weight is 271 g/mol. The lowest BCUT2D eigenvalue weighted by Gasteiger charge is -2.12. The molecule has 3 nitrogen and oxygen atoms in total. The van der Waals surface area contributed by atoms with Gasteiger partial charge in [0.2, 0.25) is 0 Å². The number of anilines is 1. The van der Waals surface area contributed by atoms with E-state index in [-0.39, 0.29) is 6.61 Å². The van der Waals surface area contributed by atoms with E-state index in [1.54, 1.807) is 0 Å². The second-order valence-electron chi connectivity index (χ2n) is 4.58. The maximum Gasteiger partial charge on any atom is 0.0698 e. The molecule has 0 amide bonds. The van der Waals surface area contributed by atoms with E-state index in [1.165, 1.54) is 11.1 Å². The van der Waals surface area contributed by atoms with Crippen LogP contribution in [0.25, 0.3) is 0 Å². The first-order valence-corrected chi connectivity index (χ1v) is 6.94. The molecule has 0 fully saturated rings. The number of aliphatic hydroxyl groups excluding tert-OH is 1. The number of ether oxygens (including phenoxy) is 1. The molecule has 2 rings (SSSR count). The van der Waals surface area contributed by atoms with Crippen molar-refractivity contribution in [1.29, 1.82) is 0 Å². The van der Waals surface area contributed by atoms with Gasteiger partial charge in [-0.1, -0.05) is 48.5 Å². The maximum absolute atomic E-state index is 8.65. The molecule has 0 heterocycles. The summed E-state index contributed by atoms with van der Waals surface area (Å²) in [5.74, 6) is 0. The van der Waals surface area contributed by atoms with Gasteiger partial charge in [0.15, 0.2) is 0 Å². The number of para-hydroxylation sites is 1. The zero-order chi connectivity index (χ0) is 14.0. The van der Waals surface area contributed by atoms with Gasteiger partial charge in [-0.05, 0) is 23.6 Å². The lowest BCUT2D eigenvalue weighted by molar-refractivity contribution is 0.0992. The Kier molecular flexibility index (Phi) is 6.08. The third kappa shape index (κ3) is 4.68. The second kappa shape index (κ2) is 8.35. The molecular weight excluding hydrogens is 250 g/mol. The molecule has 2 aromatic carbocycles. The predicted molar refractivity (Wildman–Crippen MR) is 82.1 cm³/mol. The van der Waals surface area contributed by atoms with E-state index in [1.807, 2.05) is 12.1 Å². The smallest absolute Gasteiger partial charge is 0.0698 e. The van der Waals surface area contributed by atoms with E-state index >= 15 is 0 Å². The molecular formula is C17H21NO2. The van der Waals surface area contributed by atoms with Crippen LogP contribution in [-0.4, -0.2) is 31.5 Å². The van der Waals surface area contributed by atoms with Gasteiger partial charge in [0.05, 0.1) is 19.8 Å². The molecule has 0 aliphatic heterocycles. The predicted octanol–water partition coefficient (Wildman–Crippen LogP) is 2.70. The highest BCUT2D eigenvalue weighted by molar-refractivity contribution is 5.52. The van der Waals surface area contributed by atoms with Crippen LogP contribution in [0.15, 0.2) is 54.6 Å². The topological polar surface area (TPSA) is 41.5 Å². The largest absolute Gasteiger partial charge is 0.394 e. The number of aliphatic hydroxyl groups is 1. The molecule has 2 N–H and O–H groups in total. The number of hydrogen-bond donors (Lipinski definition) is 2. The lowest BCUT2D eigenvalue weighted by atomic mass is 10.0. The summed E-state index contributed by atoms with van der Waals surface area (Å²) in [6.07, 6.45) is 0.918. The van der Waals surface area contributed by atoms with E-state index in [4.69, 9.17) is 9.84 Å². The number of rotatable bonds is 8. The molecule has 0 atom stereocenters. The average Bonchev–Trinajstić information content (AvgIpc) is 2.50. The summed E-state index contributed by atoms with van der Waals surface area (Å²) in [7, 11) is 0. The van der Waals surface area contributed by atoms with Crippen LogP contribution in [0.3, 0.4) is 0 Å². The van der Waals surface area contributed by atoms with E-state index < -0.39 is 0 Å².